The third-order valence-electron chi connectivity index (χ3n) is 5.81. The van der Waals surface area contributed by atoms with Crippen LogP contribution in [0.4, 0.5) is 16.3 Å². The fraction of sp³-hybridized carbons (Fsp3) is 0.393. The third-order valence-corrected chi connectivity index (χ3v) is 6.13. The largest absolute Gasteiger partial charge is 0.385 e. The lowest BCUT2D eigenvalue weighted by Crippen LogP contribution is -2.41. The number of anilines is 2. The summed E-state index contributed by atoms with van der Waals surface area (Å²) in [6.07, 6.45) is 1.46. The van der Waals surface area contributed by atoms with Crippen LogP contribution >= 0.6 is 11.6 Å². The minimum atomic E-state index is -0.352. The summed E-state index contributed by atoms with van der Waals surface area (Å²) in [5.41, 5.74) is 3.01. The van der Waals surface area contributed by atoms with E-state index in [-0.39, 0.29) is 23.9 Å². The van der Waals surface area contributed by atoms with Gasteiger partial charge in [-0.15, -0.1) is 0 Å². The number of ether oxygens (including phenoxy) is 1. The Bertz CT molecular complexity index is 1220. The first-order valence-electron chi connectivity index (χ1n) is 12.4. The number of hydrogen-bond donors (Lipinski definition) is 2. The molecule has 2 aromatic carbocycles. The second-order valence-electron chi connectivity index (χ2n) is 9.83. The zero-order chi connectivity index (χ0) is 27.0. The van der Waals surface area contributed by atoms with Crippen LogP contribution in [0.5, 0.6) is 0 Å². The second kappa shape index (κ2) is 12.7. The van der Waals surface area contributed by atoms with Gasteiger partial charge in [0, 0.05) is 37.4 Å². The van der Waals surface area contributed by atoms with E-state index < -0.39 is 0 Å². The number of carbonyl (C=O) groups excluding carboxylic acids is 2. The quantitative estimate of drug-likeness (QED) is 0.323. The number of para-hydroxylation sites is 1. The first kappa shape index (κ1) is 28.2. The standard InChI is InChI=1S/C28H36ClN5O3/c1-6-20-11-9-12-21(17-20)30-27(36)33(15-10-16-37-5)19-26(35)31-25-18-24(28(2,3)4)32-34(25)23-14-8-7-13-22(23)29/h7-9,11-14,17-18H,6,10,15-16,19H2,1-5H3,(H,30,36)(H,31,35). The summed E-state index contributed by atoms with van der Waals surface area (Å²) in [6, 6.07) is 16.5. The molecule has 0 aliphatic heterocycles. The number of benzene rings is 2. The lowest BCUT2D eigenvalue weighted by atomic mass is 9.92. The summed E-state index contributed by atoms with van der Waals surface area (Å²) >= 11 is 6.44. The Morgan fingerprint density at radius 3 is 2.51 bits per heavy atom. The molecule has 0 aliphatic carbocycles. The van der Waals surface area contributed by atoms with Crippen molar-refractivity contribution in [3.8, 4) is 5.69 Å². The minimum absolute atomic E-state index is 0.137. The molecule has 0 fully saturated rings. The molecule has 3 rings (SSSR count). The zero-order valence-corrected chi connectivity index (χ0v) is 22.9. The Morgan fingerprint density at radius 2 is 1.84 bits per heavy atom. The minimum Gasteiger partial charge on any atom is -0.385 e. The van der Waals surface area contributed by atoms with Crippen molar-refractivity contribution in [1.29, 1.82) is 0 Å². The van der Waals surface area contributed by atoms with E-state index in [2.05, 4.69) is 17.6 Å². The van der Waals surface area contributed by atoms with Gasteiger partial charge in [-0.1, -0.05) is 63.6 Å². The van der Waals surface area contributed by atoms with Gasteiger partial charge in [0.1, 0.15) is 12.4 Å². The van der Waals surface area contributed by atoms with Gasteiger partial charge < -0.3 is 20.3 Å². The molecule has 0 spiro atoms. The van der Waals surface area contributed by atoms with Crippen molar-refractivity contribution in [3.63, 3.8) is 0 Å². The van der Waals surface area contributed by atoms with Crippen LogP contribution in [-0.4, -0.2) is 53.4 Å². The van der Waals surface area contributed by atoms with Crippen LogP contribution in [-0.2, 0) is 21.4 Å². The molecular formula is C28H36ClN5O3. The van der Waals surface area contributed by atoms with Crippen molar-refractivity contribution < 1.29 is 14.3 Å². The van der Waals surface area contributed by atoms with E-state index in [1.807, 2.05) is 69.3 Å². The highest BCUT2D eigenvalue weighted by molar-refractivity contribution is 6.32. The average molecular weight is 526 g/mol. The van der Waals surface area contributed by atoms with Crippen LogP contribution < -0.4 is 10.6 Å². The smallest absolute Gasteiger partial charge is 0.322 e. The molecular weight excluding hydrogens is 490 g/mol. The summed E-state index contributed by atoms with van der Waals surface area (Å²) < 4.78 is 6.78. The number of nitrogens with one attached hydrogen (secondary N) is 2. The molecule has 9 heteroatoms. The van der Waals surface area contributed by atoms with Crippen molar-refractivity contribution >= 4 is 35.0 Å². The van der Waals surface area contributed by atoms with Crippen molar-refractivity contribution in [1.82, 2.24) is 14.7 Å². The fourth-order valence-electron chi connectivity index (χ4n) is 3.72. The van der Waals surface area contributed by atoms with E-state index in [9.17, 15) is 9.59 Å². The number of methoxy groups -OCH3 is 1. The van der Waals surface area contributed by atoms with Crippen LogP contribution in [0.2, 0.25) is 5.02 Å². The molecule has 37 heavy (non-hydrogen) atoms. The van der Waals surface area contributed by atoms with Gasteiger partial charge in [-0.2, -0.15) is 5.10 Å². The van der Waals surface area contributed by atoms with Crippen molar-refractivity contribution in [3.05, 3.63) is 70.9 Å². The summed E-state index contributed by atoms with van der Waals surface area (Å²) in [5.74, 6) is 0.138. The Kier molecular flexibility index (Phi) is 9.72. The normalized spacial score (nSPS) is 11.3. The number of aryl methyl sites for hydroxylation is 1. The van der Waals surface area contributed by atoms with Gasteiger partial charge in [-0.05, 0) is 42.7 Å². The predicted octanol–water partition coefficient (Wildman–Crippen LogP) is 5.89. The van der Waals surface area contributed by atoms with Gasteiger partial charge in [0.2, 0.25) is 5.91 Å². The van der Waals surface area contributed by atoms with Gasteiger partial charge in [-0.3, -0.25) is 4.79 Å². The molecule has 198 valence electrons. The Balaban J connectivity index is 1.81. The lowest BCUT2D eigenvalue weighted by Gasteiger charge is -2.23. The van der Waals surface area contributed by atoms with Gasteiger partial charge in [-0.25, -0.2) is 9.48 Å². The van der Waals surface area contributed by atoms with Crippen molar-refractivity contribution in [2.45, 2.75) is 46.0 Å². The Morgan fingerprint density at radius 1 is 1.08 bits per heavy atom. The third kappa shape index (κ3) is 7.81. The first-order valence-corrected chi connectivity index (χ1v) is 12.8. The maximum atomic E-state index is 13.2. The van der Waals surface area contributed by atoms with E-state index in [4.69, 9.17) is 21.4 Å². The summed E-state index contributed by atoms with van der Waals surface area (Å²) in [5, 5.41) is 11.1. The van der Waals surface area contributed by atoms with Gasteiger partial charge in [0.05, 0.1) is 16.4 Å². The van der Waals surface area contributed by atoms with Gasteiger partial charge in [0.25, 0.3) is 0 Å². The average Bonchev–Trinajstić information content (AvgIpc) is 3.28. The van der Waals surface area contributed by atoms with Crippen molar-refractivity contribution in [2.24, 2.45) is 0 Å². The molecule has 0 saturated heterocycles. The number of halogens is 1. The maximum Gasteiger partial charge on any atom is 0.322 e. The monoisotopic (exact) mass is 525 g/mol. The number of amides is 3. The van der Waals surface area contributed by atoms with Gasteiger partial charge in [0.15, 0.2) is 0 Å². The number of nitrogens with zero attached hydrogens (tertiary/aromatic N) is 3. The highest BCUT2D eigenvalue weighted by Gasteiger charge is 2.24. The van der Waals surface area contributed by atoms with Crippen LogP contribution in [0.3, 0.4) is 0 Å². The van der Waals surface area contributed by atoms with Crippen LogP contribution in [0.1, 0.15) is 45.4 Å². The molecule has 0 unspecified atom stereocenters. The molecule has 3 aromatic rings. The van der Waals surface area contributed by atoms with E-state index in [0.29, 0.717) is 41.8 Å². The number of carbonyl (C=O) groups is 2. The molecule has 0 aliphatic rings. The summed E-state index contributed by atoms with van der Waals surface area (Å²) in [6.45, 7) is 8.90. The molecule has 0 saturated carbocycles. The molecule has 3 amide bonds. The zero-order valence-electron chi connectivity index (χ0n) is 22.2. The lowest BCUT2D eigenvalue weighted by molar-refractivity contribution is -0.116. The molecule has 1 heterocycles. The molecule has 0 bridgehead atoms. The SMILES string of the molecule is CCc1cccc(NC(=O)N(CCCOC)CC(=O)Nc2cc(C(C)(C)C)nn2-c2ccccc2Cl)c1. The second-order valence-corrected chi connectivity index (χ2v) is 10.2. The van der Waals surface area contributed by atoms with E-state index in [1.54, 1.807) is 17.9 Å². The molecule has 0 atom stereocenters. The Hall–Kier alpha value is -3.36. The topological polar surface area (TPSA) is 88.5 Å². The number of rotatable bonds is 10. The maximum absolute atomic E-state index is 13.2. The van der Waals surface area contributed by atoms with Crippen LogP contribution in [0.25, 0.3) is 5.69 Å². The van der Waals surface area contributed by atoms with Crippen LogP contribution in [0, 0.1) is 0 Å². The highest BCUT2D eigenvalue weighted by atomic mass is 35.5. The van der Waals surface area contributed by atoms with Gasteiger partial charge >= 0.3 is 6.03 Å². The molecule has 2 N–H and O–H groups in total. The summed E-state index contributed by atoms with van der Waals surface area (Å²) in [7, 11) is 1.61. The first-order chi connectivity index (χ1) is 17.6. The van der Waals surface area contributed by atoms with Crippen LogP contribution in [0.15, 0.2) is 54.6 Å². The van der Waals surface area contributed by atoms with E-state index in [0.717, 1.165) is 17.7 Å². The molecule has 0 radical (unpaired) electrons. The van der Waals surface area contributed by atoms with E-state index in [1.165, 1.54) is 4.90 Å². The fourth-order valence-corrected chi connectivity index (χ4v) is 3.94. The number of hydrogen-bond acceptors (Lipinski definition) is 4. The predicted molar refractivity (Wildman–Crippen MR) is 149 cm³/mol. The highest BCUT2D eigenvalue weighted by Crippen LogP contribution is 2.29. The number of urea groups is 1. The molecule has 1 aromatic heterocycles. The molecule has 8 nitrogen and oxygen atoms in total. The Labute approximate surface area is 223 Å². The van der Waals surface area contributed by atoms with E-state index >= 15 is 0 Å². The summed E-state index contributed by atoms with van der Waals surface area (Å²) in [4.78, 5) is 27.8. The van der Waals surface area contributed by atoms with Crippen molar-refractivity contribution in [2.75, 3.05) is 37.4 Å². The number of aromatic nitrogens is 2.